The quantitative estimate of drug-likeness (QED) is 0.562. The van der Waals surface area contributed by atoms with Gasteiger partial charge in [0, 0.05) is 0 Å². The van der Waals surface area contributed by atoms with Gasteiger partial charge in [0.25, 0.3) is 0 Å². The SMILES string of the molecule is CC=C(C#N)C#N.c1ccccc1. The average molecular weight is 170 g/mol. The molecule has 0 aliphatic rings. The smallest absolute Gasteiger partial charge is 0.125 e. The highest BCUT2D eigenvalue weighted by Gasteiger charge is 1.81. The Morgan fingerprint density at radius 1 is 0.923 bits per heavy atom. The molecule has 64 valence electrons. The van der Waals surface area contributed by atoms with Gasteiger partial charge in [-0.2, -0.15) is 10.5 Å². The first-order valence-electron chi connectivity index (χ1n) is 3.81. The molecule has 2 nitrogen and oxygen atoms in total. The van der Waals surface area contributed by atoms with Crippen molar-refractivity contribution in [3.05, 3.63) is 48.0 Å². The first kappa shape index (κ1) is 10.9. The summed E-state index contributed by atoms with van der Waals surface area (Å²) in [7, 11) is 0. The lowest BCUT2D eigenvalue weighted by Crippen LogP contribution is -1.64. The van der Waals surface area contributed by atoms with Crippen LogP contribution in [-0.2, 0) is 0 Å². The molecule has 0 heterocycles. The molecular weight excluding hydrogens is 160 g/mol. The van der Waals surface area contributed by atoms with Crippen molar-refractivity contribution in [2.45, 2.75) is 6.92 Å². The number of rotatable bonds is 0. The fourth-order valence-corrected chi connectivity index (χ4v) is 0.539. The van der Waals surface area contributed by atoms with Crippen LogP contribution in [0, 0.1) is 22.7 Å². The molecule has 0 unspecified atom stereocenters. The minimum atomic E-state index is 0.167. The Morgan fingerprint density at radius 2 is 1.23 bits per heavy atom. The second-order valence-electron chi connectivity index (χ2n) is 2.08. The predicted molar refractivity (Wildman–Crippen MR) is 51.4 cm³/mol. The van der Waals surface area contributed by atoms with E-state index in [1.807, 2.05) is 36.4 Å². The predicted octanol–water partition coefficient (Wildman–Crippen LogP) is 2.67. The molecule has 1 rings (SSSR count). The number of hydrogen-bond donors (Lipinski definition) is 0. The van der Waals surface area contributed by atoms with E-state index in [-0.39, 0.29) is 5.57 Å². The van der Waals surface area contributed by atoms with E-state index >= 15 is 0 Å². The van der Waals surface area contributed by atoms with Crippen LogP contribution in [0.15, 0.2) is 48.0 Å². The number of hydrogen-bond acceptors (Lipinski definition) is 2. The van der Waals surface area contributed by atoms with Crippen LogP contribution >= 0.6 is 0 Å². The Morgan fingerprint density at radius 3 is 1.31 bits per heavy atom. The van der Waals surface area contributed by atoms with Crippen molar-refractivity contribution < 1.29 is 0 Å². The average Bonchev–Trinajstić information content (AvgIpc) is 2.24. The Balaban J connectivity index is 0.000000223. The summed E-state index contributed by atoms with van der Waals surface area (Å²) in [6, 6.07) is 15.4. The van der Waals surface area contributed by atoms with Crippen LogP contribution in [0.25, 0.3) is 0 Å². The third-order valence-electron chi connectivity index (χ3n) is 1.20. The number of nitriles is 2. The molecule has 0 N–H and O–H groups in total. The standard InChI is InChI=1S/C6H6.C5H4N2/c1-2-4-6-5-3-1;1-2-5(3-6)4-7/h1-6H;2H,1H3. The van der Waals surface area contributed by atoms with Gasteiger partial charge >= 0.3 is 0 Å². The summed E-state index contributed by atoms with van der Waals surface area (Å²) in [5, 5.41) is 16.0. The summed E-state index contributed by atoms with van der Waals surface area (Å²) in [4.78, 5) is 0. The molecule has 1 aromatic rings. The van der Waals surface area contributed by atoms with Crippen molar-refractivity contribution in [1.29, 1.82) is 10.5 Å². The first-order valence-corrected chi connectivity index (χ1v) is 3.81. The number of benzene rings is 1. The molecule has 0 saturated carbocycles. The zero-order valence-electron chi connectivity index (χ0n) is 7.44. The number of allylic oxidation sites excluding steroid dienone is 2. The van der Waals surface area contributed by atoms with E-state index < -0.39 is 0 Å². The van der Waals surface area contributed by atoms with Crippen LogP contribution in [0.2, 0.25) is 0 Å². The Bertz CT molecular complexity index is 283. The van der Waals surface area contributed by atoms with Crippen molar-refractivity contribution in [2.24, 2.45) is 0 Å². The molecule has 0 bridgehead atoms. The molecule has 13 heavy (non-hydrogen) atoms. The van der Waals surface area contributed by atoms with Crippen LogP contribution in [0.5, 0.6) is 0 Å². The number of nitrogens with zero attached hydrogens (tertiary/aromatic N) is 2. The first-order chi connectivity index (χ1) is 6.35. The minimum Gasteiger partial charge on any atom is -0.192 e. The molecule has 0 aliphatic carbocycles. The van der Waals surface area contributed by atoms with Crippen LogP contribution in [0.3, 0.4) is 0 Å². The molecule has 1 aromatic carbocycles. The van der Waals surface area contributed by atoms with Gasteiger partial charge in [-0.25, -0.2) is 0 Å². The zero-order valence-corrected chi connectivity index (χ0v) is 7.44. The second-order valence-corrected chi connectivity index (χ2v) is 2.08. The van der Waals surface area contributed by atoms with Gasteiger partial charge in [-0.3, -0.25) is 0 Å². The maximum Gasteiger partial charge on any atom is 0.125 e. The van der Waals surface area contributed by atoms with Crippen molar-refractivity contribution in [3.8, 4) is 12.1 Å². The van der Waals surface area contributed by atoms with E-state index in [4.69, 9.17) is 10.5 Å². The lowest BCUT2D eigenvalue weighted by Gasteiger charge is -1.69. The van der Waals surface area contributed by atoms with Gasteiger partial charge in [0.15, 0.2) is 0 Å². The molecule has 0 radical (unpaired) electrons. The van der Waals surface area contributed by atoms with E-state index in [0.717, 1.165) is 0 Å². The fourth-order valence-electron chi connectivity index (χ4n) is 0.539. The third kappa shape index (κ3) is 6.34. The summed E-state index contributed by atoms with van der Waals surface area (Å²) in [6.07, 6.45) is 1.47. The third-order valence-corrected chi connectivity index (χ3v) is 1.20. The van der Waals surface area contributed by atoms with Crippen LogP contribution in [-0.4, -0.2) is 0 Å². The Kier molecular flexibility index (Phi) is 6.77. The minimum absolute atomic E-state index is 0.167. The highest BCUT2D eigenvalue weighted by Crippen LogP contribution is 1.83. The van der Waals surface area contributed by atoms with Crippen LogP contribution in [0.1, 0.15) is 6.92 Å². The van der Waals surface area contributed by atoms with Gasteiger partial charge in [0.2, 0.25) is 0 Å². The molecule has 0 aliphatic heterocycles. The van der Waals surface area contributed by atoms with E-state index in [0.29, 0.717) is 0 Å². The summed E-state index contributed by atoms with van der Waals surface area (Å²) in [5.74, 6) is 0. The molecule has 0 aromatic heterocycles. The summed E-state index contributed by atoms with van der Waals surface area (Å²) < 4.78 is 0. The van der Waals surface area contributed by atoms with E-state index in [2.05, 4.69) is 0 Å². The van der Waals surface area contributed by atoms with Gasteiger partial charge in [-0.15, -0.1) is 0 Å². The maximum atomic E-state index is 7.99. The van der Waals surface area contributed by atoms with E-state index in [1.165, 1.54) is 6.08 Å². The second kappa shape index (κ2) is 8.04. The van der Waals surface area contributed by atoms with Gasteiger partial charge < -0.3 is 0 Å². The monoisotopic (exact) mass is 170 g/mol. The van der Waals surface area contributed by atoms with Gasteiger partial charge in [0.05, 0.1) is 0 Å². The molecule has 0 spiro atoms. The topological polar surface area (TPSA) is 47.6 Å². The largest absolute Gasteiger partial charge is 0.192 e. The Hall–Kier alpha value is -2.06. The lowest BCUT2D eigenvalue weighted by atomic mass is 10.3. The van der Waals surface area contributed by atoms with Crippen LogP contribution < -0.4 is 0 Å². The lowest BCUT2D eigenvalue weighted by molar-refractivity contribution is 1.45. The summed E-state index contributed by atoms with van der Waals surface area (Å²) >= 11 is 0. The normalized spacial score (nSPS) is 6.69. The Labute approximate surface area is 78.4 Å². The van der Waals surface area contributed by atoms with Gasteiger partial charge in [0.1, 0.15) is 17.7 Å². The summed E-state index contributed by atoms with van der Waals surface area (Å²) in [6.45, 7) is 1.65. The van der Waals surface area contributed by atoms with Crippen LogP contribution in [0.4, 0.5) is 0 Å². The zero-order chi connectivity index (χ0) is 9.94. The highest BCUT2D eigenvalue weighted by atomic mass is 14.3. The van der Waals surface area contributed by atoms with Gasteiger partial charge in [-0.05, 0) is 6.92 Å². The van der Waals surface area contributed by atoms with E-state index in [1.54, 1.807) is 19.1 Å². The fraction of sp³-hybridized carbons (Fsp3) is 0.0909. The van der Waals surface area contributed by atoms with E-state index in [9.17, 15) is 0 Å². The molecule has 0 fully saturated rings. The van der Waals surface area contributed by atoms with Gasteiger partial charge in [-0.1, -0.05) is 42.5 Å². The van der Waals surface area contributed by atoms with Crippen molar-refractivity contribution >= 4 is 0 Å². The maximum absolute atomic E-state index is 7.99. The summed E-state index contributed by atoms with van der Waals surface area (Å²) in [5.41, 5.74) is 0.167. The molecular formula is C11H10N2. The highest BCUT2D eigenvalue weighted by molar-refractivity contribution is 5.33. The molecule has 0 saturated heterocycles. The molecule has 2 heteroatoms. The molecule has 0 amide bonds. The van der Waals surface area contributed by atoms with Crippen molar-refractivity contribution in [2.75, 3.05) is 0 Å². The van der Waals surface area contributed by atoms with Crippen molar-refractivity contribution in [1.82, 2.24) is 0 Å². The molecule has 0 atom stereocenters. The van der Waals surface area contributed by atoms with Crippen molar-refractivity contribution in [3.63, 3.8) is 0 Å².